The molecule has 0 radical (unpaired) electrons. The van der Waals surface area contributed by atoms with Gasteiger partial charge in [-0.2, -0.15) is 0 Å². The van der Waals surface area contributed by atoms with Gasteiger partial charge >= 0.3 is 0 Å². The molecule has 2 aromatic rings. The number of aryl methyl sites for hydroxylation is 1. The molecule has 1 unspecified atom stereocenters. The lowest BCUT2D eigenvalue weighted by molar-refractivity contribution is 0.494. The van der Waals surface area contributed by atoms with E-state index in [1.807, 2.05) is 12.1 Å². The van der Waals surface area contributed by atoms with Crippen molar-refractivity contribution in [1.82, 2.24) is 9.97 Å². The van der Waals surface area contributed by atoms with E-state index in [0.717, 1.165) is 18.6 Å². The Morgan fingerprint density at radius 2 is 2.37 bits per heavy atom. The fourth-order valence-electron chi connectivity index (χ4n) is 1.67. The molecule has 19 heavy (non-hydrogen) atoms. The van der Waals surface area contributed by atoms with E-state index in [1.54, 1.807) is 18.5 Å². The minimum absolute atomic E-state index is 0.228. The number of thiocarbonyl (C=S) groups is 1. The Labute approximate surface area is 117 Å². The van der Waals surface area contributed by atoms with E-state index < -0.39 is 0 Å². The third kappa shape index (κ3) is 4.03. The highest BCUT2D eigenvalue weighted by molar-refractivity contribution is 7.80. The first-order chi connectivity index (χ1) is 9.15. The Hall–Kier alpha value is -1.95. The molecule has 2 heterocycles. The van der Waals surface area contributed by atoms with Crippen molar-refractivity contribution in [1.29, 1.82) is 0 Å². The second-order valence-corrected chi connectivity index (χ2v) is 4.73. The van der Waals surface area contributed by atoms with Crippen molar-refractivity contribution in [3.05, 3.63) is 42.1 Å². The van der Waals surface area contributed by atoms with Crippen LogP contribution in [0.25, 0.3) is 0 Å². The number of aromatic nitrogens is 2. The van der Waals surface area contributed by atoms with Gasteiger partial charge in [-0.25, -0.2) is 9.97 Å². The fraction of sp³-hybridized carbons (Fsp3) is 0.308. The Morgan fingerprint density at radius 3 is 3.05 bits per heavy atom. The van der Waals surface area contributed by atoms with Crippen LogP contribution in [0, 0.1) is 0 Å². The SMILES string of the molecule is CC(CCc1ccco1)Nc1nccc(C(N)=S)n1. The van der Waals surface area contributed by atoms with Crippen molar-refractivity contribution < 1.29 is 4.42 Å². The predicted octanol–water partition coefficient (Wildman–Crippen LogP) is 2.14. The zero-order valence-corrected chi connectivity index (χ0v) is 11.5. The van der Waals surface area contributed by atoms with E-state index in [4.69, 9.17) is 22.4 Å². The zero-order chi connectivity index (χ0) is 13.7. The van der Waals surface area contributed by atoms with Crippen LogP contribution in [0.2, 0.25) is 0 Å². The van der Waals surface area contributed by atoms with Crippen LogP contribution < -0.4 is 11.1 Å². The zero-order valence-electron chi connectivity index (χ0n) is 10.7. The van der Waals surface area contributed by atoms with Gasteiger partial charge in [-0.3, -0.25) is 0 Å². The summed E-state index contributed by atoms with van der Waals surface area (Å²) in [5, 5.41) is 3.22. The highest BCUT2D eigenvalue weighted by Gasteiger charge is 2.07. The van der Waals surface area contributed by atoms with E-state index in [9.17, 15) is 0 Å². The van der Waals surface area contributed by atoms with Gasteiger partial charge in [0.25, 0.3) is 0 Å². The van der Waals surface area contributed by atoms with E-state index in [-0.39, 0.29) is 11.0 Å². The average Bonchev–Trinajstić information content (AvgIpc) is 2.90. The second-order valence-electron chi connectivity index (χ2n) is 4.29. The summed E-state index contributed by atoms with van der Waals surface area (Å²) in [5.74, 6) is 1.52. The molecule has 0 fully saturated rings. The van der Waals surface area contributed by atoms with Gasteiger partial charge in [-0.05, 0) is 31.5 Å². The van der Waals surface area contributed by atoms with Crippen LogP contribution in [-0.4, -0.2) is 21.0 Å². The van der Waals surface area contributed by atoms with Crippen molar-refractivity contribution in [3.63, 3.8) is 0 Å². The number of nitrogens with two attached hydrogens (primary N) is 1. The topological polar surface area (TPSA) is 77.0 Å². The first kappa shape index (κ1) is 13.5. The number of nitrogens with zero attached hydrogens (tertiary/aromatic N) is 2. The normalized spacial score (nSPS) is 12.1. The predicted molar refractivity (Wildman–Crippen MR) is 78.0 cm³/mol. The molecule has 100 valence electrons. The molecule has 0 saturated carbocycles. The van der Waals surface area contributed by atoms with Gasteiger partial charge in [0.05, 0.1) is 6.26 Å². The molecule has 2 aromatic heterocycles. The van der Waals surface area contributed by atoms with Crippen LogP contribution in [0.15, 0.2) is 35.1 Å². The maximum atomic E-state index is 5.54. The van der Waals surface area contributed by atoms with Crippen molar-refractivity contribution in [2.24, 2.45) is 5.73 Å². The number of hydrogen-bond acceptors (Lipinski definition) is 5. The third-order valence-electron chi connectivity index (χ3n) is 2.69. The van der Waals surface area contributed by atoms with Gasteiger partial charge in [-0.1, -0.05) is 12.2 Å². The Balaban J connectivity index is 1.89. The maximum Gasteiger partial charge on any atom is 0.223 e. The van der Waals surface area contributed by atoms with Gasteiger partial charge in [0.15, 0.2) is 0 Å². The average molecular weight is 276 g/mol. The molecule has 0 bridgehead atoms. The fourth-order valence-corrected chi connectivity index (χ4v) is 1.79. The molecule has 0 spiro atoms. The van der Waals surface area contributed by atoms with Crippen molar-refractivity contribution in [2.75, 3.05) is 5.32 Å². The van der Waals surface area contributed by atoms with Crippen molar-refractivity contribution >= 4 is 23.2 Å². The number of anilines is 1. The lowest BCUT2D eigenvalue weighted by Gasteiger charge is -2.13. The molecule has 5 nitrogen and oxygen atoms in total. The van der Waals surface area contributed by atoms with E-state index >= 15 is 0 Å². The molecule has 0 aromatic carbocycles. The first-order valence-electron chi connectivity index (χ1n) is 6.07. The standard InChI is InChI=1S/C13H16N4OS/c1-9(4-5-10-3-2-8-18-10)16-13-15-7-6-11(17-13)12(14)19/h2-3,6-9H,4-5H2,1H3,(H2,14,19)(H,15,16,17). The first-order valence-corrected chi connectivity index (χ1v) is 6.48. The molecular weight excluding hydrogens is 260 g/mol. The molecule has 2 rings (SSSR count). The van der Waals surface area contributed by atoms with Crippen LogP contribution in [0.1, 0.15) is 24.8 Å². The second kappa shape index (κ2) is 6.29. The van der Waals surface area contributed by atoms with E-state index in [1.165, 1.54) is 0 Å². The summed E-state index contributed by atoms with van der Waals surface area (Å²) >= 11 is 4.89. The molecule has 0 aliphatic rings. The third-order valence-corrected chi connectivity index (χ3v) is 2.90. The van der Waals surface area contributed by atoms with Crippen LogP contribution in [-0.2, 0) is 6.42 Å². The van der Waals surface area contributed by atoms with Crippen molar-refractivity contribution in [3.8, 4) is 0 Å². The highest BCUT2D eigenvalue weighted by Crippen LogP contribution is 2.09. The van der Waals surface area contributed by atoms with Gasteiger partial charge in [0, 0.05) is 18.7 Å². The summed E-state index contributed by atoms with van der Waals surface area (Å²) in [6.07, 6.45) is 5.12. The van der Waals surface area contributed by atoms with Crippen LogP contribution in [0.3, 0.4) is 0 Å². The lowest BCUT2D eigenvalue weighted by atomic mass is 10.1. The van der Waals surface area contributed by atoms with Gasteiger partial charge < -0.3 is 15.5 Å². The van der Waals surface area contributed by atoms with Crippen molar-refractivity contribution in [2.45, 2.75) is 25.8 Å². The minimum atomic E-state index is 0.228. The van der Waals surface area contributed by atoms with Gasteiger partial charge in [0.1, 0.15) is 16.4 Å². The Kier molecular flexibility index (Phi) is 4.46. The molecule has 1 atom stereocenters. The number of hydrogen-bond donors (Lipinski definition) is 2. The largest absolute Gasteiger partial charge is 0.469 e. The molecule has 0 aliphatic carbocycles. The summed E-state index contributed by atoms with van der Waals surface area (Å²) < 4.78 is 5.29. The van der Waals surface area contributed by atoms with E-state index in [2.05, 4.69) is 22.2 Å². The summed E-state index contributed by atoms with van der Waals surface area (Å²) in [5.41, 5.74) is 6.11. The van der Waals surface area contributed by atoms with E-state index in [0.29, 0.717) is 11.6 Å². The molecule has 0 amide bonds. The van der Waals surface area contributed by atoms with Gasteiger partial charge in [0.2, 0.25) is 5.95 Å². The molecule has 0 aliphatic heterocycles. The summed E-state index contributed by atoms with van der Waals surface area (Å²) in [6, 6.07) is 5.78. The molecule has 6 heteroatoms. The molecule has 0 saturated heterocycles. The summed E-state index contributed by atoms with van der Waals surface area (Å²) in [4.78, 5) is 8.66. The molecule has 3 N–H and O–H groups in total. The maximum absolute atomic E-state index is 5.54. The minimum Gasteiger partial charge on any atom is -0.469 e. The summed E-state index contributed by atoms with van der Waals surface area (Å²) in [7, 11) is 0. The molecular formula is C13H16N4OS. The highest BCUT2D eigenvalue weighted by atomic mass is 32.1. The summed E-state index contributed by atoms with van der Waals surface area (Å²) in [6.45, 7) is 2.07. The van der Waals surface area contributed by atoms with Gasteiger partial charge in [-0.15, -0.1) is 0 Å². The monoisotopic (exact) mass is 276 g/mol. The van der Waals surface area contributed by atoms with Crippen LogP contribution in [0.4, 0.5) is 5.95 Å². The number of furan rings is 1. The van der Waals surface area contributed by atoms with Crippen LogP contribution in [0.5, 0.6) is 0 Å². The lowest BCUT2D eigenvalue weighted by Crippen LogP contribution is -2.19. The smallest absolute Gasteiger partial charge is 0.223 e. The Morgan fingerprint density at radius 1 is 1.53 bits per heavy atom. The Bertz CT molecular complexity index is 541. The van der Waals surface area contributed by atoms with Crippen LogP contribution >= 0.6 is 12.2 Å². The quantitative estimate of drug-likeness (QED) is 0.787. The number of nitrogens with one attached hydrogen (secondary N) is 1. The number of rotatable bonds is 6.